The van der Waals surface area contributed by atoms with E-state index in [0.29, 0.717) is 17.1 Å². The first-order valence-electron chi connectivity index (χ1n) is 9.42. The highest BCUT2D eigenvalue weighted by Gasteiger charge is 2.14. The molecular weight excluding hydrogens is 405 g/mol. The number of benzene rings is 1. The number of furan rings is 1. The van der Waals surface area contributed by atoms with Gasteiger partial charge in [0.2, 0.25) is 5.76 Å². The number of rotatable bonds is 8. The number of hydrogen-bond donors (Lipinski definition) is 0. The predicted octanol–water partition coefficient (Wildman–Crippen LogP) is 4.93. The third-order valence-electron chi connectivity index (χ3n) is 3.79. The van der Waals surface area contributed by atoms with Gasteiger partial charge in [-0.1, -0.05) is 6.07 Å². The highest BCUT2D eigenvalue weighted by molar-refractivity contribution is 5.87. The van der Waals surface area contributed by atoms with E-state index in [-0.39, 0.29) is 24.2 Å². The van der Waals surface area contributed by atoms with Crippen LogP contribution in [0.25, 0.3) is 6.08 Å². The molecule has 0 atom stereocenters. The van der Waals surface area contributed by atoms with E-state index in [1.165, 1.54) is 36.5 Å². The Labute approximate surface area is 178 Å². The zero-order valence-corrected chi connectivity index (χ0v) is 16.9. The monoisotopic (exact) mass is 425 g/mol. The number of carbonyl (C=O) groups excluding carboxylic acids is 2. The number of carbonyl (C=O) groups is 2. The van der Waals surface area contributed by atoms with E-state index < -0.39 is 17.8 Å². The van der Waals surface area contributed by atoms with Crippen molar-refractivity contribution in [3.63, 3.8) is 0 Å². The fraction of sp³-hybridized carbons (Fsp3) is 0.174. The van der Waals surface area contributed by atoms with Crippen LogP contribution in [0.1, 0.15) is 35.7 Å². The summed E-state index contributed by atoms with van der Waals surface area (Å²) in [6.07, 6.45) is 5.35. The minimum Gasteiger partial charge on any atom is -0.457 e. The van der Waals surface area contributed by atoms with Gasteiger partial charge in [0.15, 0.2) is 11.6 Å². The van der Waals surface area contributed by atoms with Crippen LogP contribution in [0.15, 0.2) is 65.4 Å². The quantitative estimate of drug-likeness (QED) is 0.374. The second-order valence-corrected chi connectivity index (χ2v) is 6.64. The number of pyridine rings is 1. The molecule has 0 saturated heterocycles. The van der Waals surface area contributed by atoms with Crippen molar-refractivity contribution in [3.05, 3.63) is 83.8 Å². The molecule has 2 aromatic heterocycles. The van der Waals surface area contributed by atoms with Crippen LogP contribution in [0.2, 0.25) is 0 Å². The maximum atomic E-state index is 14.2. The van der Waals surface area contributed by atoms with Crippen molar-refractivity contribution in [2.45, 2.75) is 26.6 Å². The van der Waals surface area contributed by atoms with Crippen LogP contribution in [-0.2, 0) is 20.9 Å². The van der Waals surface area contributed by atoms with E-state index in [0.717, 1.165) is 6.08 Å². The third kappa shape index (κ3) is 6.53. The lowest BCUT2D eigenvalue weighted by molar-refractivity contribution is -0.139. The van der Waals surface area contributed by atoms with Gasteiger partial charge in [-0.3, -0.25) is 4.98 Å². The molecule has 0 fully saturated rings. The van der Waals surface area contributed by atoms with Gasteiger partial charge in [-0.2, -0.15) is 0 Å². The molecule has 0 N–H and O–H groups in total. The van der Waals surface area contributed by atoms with Gasteiger partial charge in [0.25, 0.3) is 0 Å². The highest BCUT2D eigenvalue weighted by Crippen LogP contribution is 2.24. The van der Waals surface area contributed by atoms with Gasteiger partial charge in [0, 0.05) is 12.3 Å². The number of aromatic nitrogens is 1. The molecule has 1 aromatic carbocycles. The van der Waals surface area contributed by atoms with Crippen molar-refractivity contribution in [3.8, 4) is 11.5 Å². The molecule has 0 bridgehead atoms. The van der Waals surface area contributed by atoms with Crippen molar-refractivity contribution < 1.29 is 32.6 Å². The minimum atomic E-state index is -0.654. The summed E-state index contributed by atoms with van der Waals surface area (Å²) in [6.45, 7) is 3.29. The van der Waals surface area contributed by atoms with E-state index in [1.54, 1.807) is 38.2 Å². The van der Waals surface area contributed by atoms with Crippen molar-refractivity contribution in [1.82, 2.24) is 4.98 Å². The molecule has 8 heteroatoms. The summed E-state index contributed by atoms with van der Waals surface area (Å²) in [6, 6.07) is 10.6. The Morgan fingerprint density at radius 2 is 2.03 bits per heavy atom. The van der Waals surface area contributed by atoms with Crippen LogP contribution in [0.5, 0.6) is 11.5 Å². The molecular formula is C23H20FNO6. The topological polar surface area (TPSA) is 87.9 Å². The lowest BCUT2D eigenvalue weighted by atomic mass is 10.2. The van der Waals surface area contributed by atoms with Crippen LogP contribution in [0.3, 0.4) is 0 Å². The lowest BCUT2D eigenvalue weighted by Crippen LogP contribution is -2.10. The predicted molar refractivity (Wildman–Crippen MR) is 109 cm³/mol. The first-order valence-corrected chi connectivity index (χ1v) is 9.42. The molecule has 0 unspecified atom stereocenters. The summed E-state index contributed by atoms with van der Waals surface area (Å²) in [5, 5.41) is 0. The third-order valence-corrected chi connectivity index (χ3v) is 3.79. The largest absolute Gasteiger partial charge is 0.457 e. The molecule has 0 saturated carbocycles. The second kappa shape index (κ2) is 10.2. The van der Waals surface area contributed by atoms with Gasteiger partial charge in [-0.15, -0.1) is 0 Å². The van der Waals surface area contributed by atoms with Crippen molar-refractivity contribution in [2.24, 2.45) is 0 Å². The molecule has 160 valence electrons. The smallest absolute Gasteiger partial charge is 0.374 e. The fourth-order valence-electron chi connectivity index (χ4n) is 2.43. The minimum absolute atomic E-state index is 0.0272. The van der Waals surface area contributed by atoms with Crippen LogP contribution in [0.4, 0.5) is 4.39 Å². The van der Waals surface area contributed by atoms with E-state index in [2.05, 4.69) is 4.98 Å². The Morgan fingerprint density at radius 1 is 1.19 bits per heavy atom. The van der Waals surface area contributed by atoms with Crippen molar-refractivity contribution in [1.29, 1.82) is 0 Å². The van der Waals surface area contributed by atoms with E-state index in [4.69, 9.17) is 18.6 Å². The molecule has 7 nitrogen and oxygen atoms in total. The zero-order valence-electron chi connectivity index (χ0n) is 16.9. The molecule has 0 aliphatic heterocycles. The normalized spacial score (nSPS) is 11.0. The standard InChI is InChI=1S/C23H20FNO6/c1-15(2)29-23(27)21-9-7-18(31-21)14-28-22(26)10-6-16-5-8-20(19(24)12-16)30-17-4-3-11-25-13-17/h3-13,15H,14H2,1-2H3/b10-6+. The van der Waals surface area contributed by atoms with Crippen molar-refractivity contribution in [2.75, 3.05) is 0 Å². The Bertz CT molecular complexity index is 1070. The average molecular weight is 425 g/mol. The number of nitrogens with zero attached hydrogens (tertiary/aromatic N) is 1. The Hall–Kier alpha value is -3.94. The van der Waals surface area contributed by atoms with E-state index >= 15 is 0 Å². The first kappa shape index (κ1) is 21.8. The van der Waals surface area contributed by atoms with Crippen LogP contribution < -0.4 is 4.74 Å². The van der Waals surface area contributed by atoms with Gasteiger partial charge in [-0.05, 0) is 61.9 Å². The van der Waals surface area contributed by atoms with Gasteiger partial charge in [0.05, 0.1) is 12.3 Å². The van der Waals surface area contributed by atoms with E-state index in [1.807, 2.05) is 0 Å². The molecule has 0 aliphatic carbocycles. The molecule has 0 radical (unpaired) electrons. The second-order valence-electron chi connectivity index (χ2n) is 6.64. The van der Waals surface area contributed by atoms with Crippen LogP contribution in [-0.4, -0.2) is 23.0 Å². The summed E-state index contributed by atoms with van der Waals surface area (Å²) in [5.74, 6) is -1.07. The fourth-order valence-corrected chi connectivity index (χ4v) is 2.43. The van der Waals surface area contributed by atoms with Crippen LogP contribution >= 0.6 is 0 Å². The van der Waals surface area contributed by atoms with Gasteiger partial charge in [0.1, 0.15) is 18.1 Å². The summed E-state index contributed by atoms with van der Waals surface area (Å²) in [7, 11) is 0. The number of ether oxygens (including phenoxy) is 3. The number of hydrogen-bond acceptors (Lipinski definition) is 7. The maximum absolute atomic E-state index is 14.2. The zero-order chi connectivity index (χ0) is 22.2. The van der Waals surface area contributed by atoms with Crippen LogP contribution in [0, 0.1) is 5.82 Å². The summed E-state index contributed by atoms with van der Waals surface area (Å²) in [5.41, 5.74) is 0.449. The SMILES string of the molecule is CC(C)OC(=O)c1ccc(COC(=O)/C=C/c2ccc(Oc3cccnc3)c(F)c2)o1. The highest BCUT2D eigenvalue weighted by atomic mass is 19.1. The average Bonchev–Trinajstić information content (AvgIpc) is 3.22. The number of esters is 2. The molecule has 0 spiro atoms. The van der Waals surface area contributed by atoms with Gasteiger partial charge >= 0.3 is 11.9 Å². The maximum Gasteiger partial charge on any atom is 0.374 e. The summed E-state index contributed by atoms with van der Waals surface area (Å²) in [4.78, 5) is 27.5. The summed E-state index contributed by atoms with van der Waals surface area (Å²) >= 11 is 0. The van der Waals surface area contributed by atoms with Gasteiger partial charge in [-0.25, -0.2) is 14.0 Å². The van der Waals surface area contributed by atoms with E-state index in [9.17, 15) is 14.0 Å². The molecule has 2 heterocycles. The molecule has 0 amide bonds. The Kier molecular flexibility index (Phi) is 7.16. The molecule has 3 rings (SSSR count). The Morgan fingerprint density at radius 3 is 2.74 bits per heavy atom. The lowest BCUT2D eigenvalue weighted by Gasteiger charge is -2.06. The Balaban J connectivity index is 1.52. The van der Waals surface area contributed by atoms with Crippen molar-refractivity contribution >= 4 is 18.0 Å². The molecule has 3 aromatic rings. The number of halogens is 1. The first-order chi connectivity index (χ1) is 14.9. The molecule has 0 aliphatic rings. The summed E-state index contributed by atoms with van der Waals surface area (Å²) < 4.78 is 35.0. The van der Waals surface area contributed by atoms with Gasteiger partial charge < -0.3 is 18.6 Å². The molecule has 31 heavy (non-hydrogen) atoms.